The maximum absolute atomic E-state index is 13.8. The molecule has 8 heteroatoms. The third-order valence-corrected chi connectivity index (χ3v) is 6.82. The van der Waals surface area contributed by atoms with Crippen LogP contribution in [0.4, 0.5) is 15.8 Å². The van der Waals surface area contributed by atoms with Crippen molar-refractivity contribution in [1.82, 2.24) is 0 Å². The Morgan fingerprint density at radius 3 is 2.69 bits per heavy atom. The quantitative estimate of drug-likeness (QED) is 0.865. The van der Waals surface area contributed by atoms with Crippen LogP contribution in [-0.2, 0) is 14.8 Å². The maximum Gasteiger partial charge on any atom is 0.262 e. The molecule has 1 aliphatic heterocycles. The lowest BCUT2D eigenvalue weighted by Gasteiger charge is -2.29. The highest BCUT2D eigenvalue weighted by Gasteiger charge is 2.36. The van der Waals surface area contributed by atoms with E-state index in [9.17, 15) is 17.6 Å². The minimum Gasteiger partial charge on any atom is -0.310 e. The number of carbonyl (C=O) groups excluding carboxylic acids is 1. The van der Waals surface area contributed by atoms with Gasteiger partial charge < -0.3 is 4.90 Å². The van der Waals surface area contributed by atoms with Crippen molar-refractivity contribution in [3.05, 3.63) is 48.3 Å². The summed E-state index contributed by atoms with van der Waals surface area (Å²) in [5, 5.41) is 0. The molecule has 0 atom stereocenters. The highest BCUT2D eigenvalue weighted by Crippen LogP contribution is 2.40. The Labute approximate surface area is 155 Å². The lowest BCUT2D eigenvalue weighted by atomic mass is 10.2. The molecule has 0 bridgehead atoms. The molecule has 2 aromatic carbocycles. The van der Waals surface area contributed by atoms with Gasteiger partial charge in [0.25, 0.3) is 10.0 Å². The predicted molar refractivity (Wildman–Crippen MR) is 99.5 cm³/mol. The van der Waals surface area contributed by atoms with E-state index in [0.29, 0.717) is 12.2 Å². The van der Waals surface area contributed by atoms with E-state index in [1.807, 2.05) is 0 Å². The summed E-state index contributed by atoms with van der Waals surface area (Å²) < 4.78 is 41.4. The second kappa shape index (κ2) is 6.59. The number of halogens is 1. The van der Waals surface area contributed by atoms with Crippen LogP contribution in [0.3, 0.4) is 0 Å². The van der Waals surface area contributed by atoms with Gasteiger partial charge in [0.05, 0.1) is 16.3 Å². The summed E-state index contributed by atoms with van der Waals surface area (Å²) in [7, 11) is -3.96. The molecular weight excluding hydrogens is 375 g/mol. The first-order chi connectivity index (χ1) is 12.5. The van der Waals surface area contributed by atoms with Crippen molar-refractivity contribution in [2.45, 2.75) is 22.6 Å². The molecule has 26 heavy (non-hydrogen) atoms. The molecule has 1 saturated carbocycles. The molecule has 4 rings (SSSR count). The number of nitrogens with one attached hydrogen (secondary N) is 1. The molecule has 1 amide bonds. The van der Waals surface area contributed by atoms with Gasteiger partial charge in [-0.05, 0) is 43.2 Å². The topological polar surface area (TPSA) is 66.5 Å². The zero-order chi connectivity index (χ0) is 18.3. The summed E-state index contributed by atoms with van der Waals surface area (Å²) in [6, 6.07) is 10.3. The minimum atomic E-state index is -3.96. The van der Waals surface area contributed by atoms with Crippen molar-refractivity contribution in [3.63, 3.8) is 0 Å². The van der Waals surface area contributed by atoms with E-state index in [1.54, 1.807) is 28.8 Å². The van der Waals surface area contributed by atoms with Crippen LogP contribution in [0.15, 0.2) is 52.3 Å². The number of fused-ring (bicyclic) bond motifs is 1. The monoisotopic (exact) mass is 392 g/mol. The number of rotatable bonds is 4. The van der Waals surface area contributed by atoms with Crippen molar-refractivity contribution >= 4 is 39.1 Å². The Bertz CT molecular complexity index is 974. The first-order valence-corrected chi connectivity index (χ1v) is 10.8. The van der Waals surface area contributed by atoms with Crippen LogP contribution in [0.5, 0.6) is 0 Å². The summed E-state index contributed by atoms with van der Waals surface area (Å²) in [6.07, 6.45) is 1.79. The Morgan fingerprint density at radius 2 is 1.96 bits per heavy atom. The van der Waals surface area contributed by atoms with Crippen molar-refractivity contribution < 1.29 is 17.6 Å². The summed E-state index contributed by atoms with van der Waals surface area (Å²) in [5.74, 6) is 0.256. The average Bonchev–Trinajstić information content (AvgIpc) is 3.47. The van der Waals surface area contributed by atoms with Gasteiger partial charge in [-0.3, -0.25) is 9.52 Å². The molecule has 2 aromatic rings. The molecule has 2 aliphatic rings. The largest absolute Gasteiger partial charge is 0.310 e. The van der Waals surface area contributed by atoms with E-state index >= 15 is 0 Å². The van der Waals surface area contributed by atoms with Gasteiger partial charge in [0, 0.05) is 23.1 Å². The number of para-hydroxylation sites is 1. The molecule has 0 saturated heterocycles. The third kappa shape index (κ3) is 3.31. The SMILES string of the molecule is O=C(C1CC1)N1CCSc2ccc(S(=O)(=O)Nc3ccccc3F)cc21. The molecule has 1 fully saturated rings. The number of hydrogen-bond acceptors (Lipinski definition) is 4. The van der Waals surface area contributed by atoms with Crippen LogP contribution >= 0.6 is 11.8 Å². The van der Waals surface area contributed by atoms with Crippen molar-refractivity contribution in [1.29, 1.82) is 0 Å². The van der Waals surface area contributed by atoms with Crippen LogP contribution in [0, 0.1) is 11.7 Å². The van der Waals surface area contributed by atoms with Crippen molar-refractivity contribution in [2.24, 2.45) is 5.92 Å². The summed E-state index contributed by atoms with van der Waals surface area (Å²) in [4.78, 5) is 15.1. The molecule has 0 spiro atoms. The van der Waals surface area contributed by atoms with Gasteiger partial charge in [-0.25, -0.2) is 12.8 Å². The summed E-state index contributed by atoms with van der Waals surface area (Å²) in [5.41, 5.74) is 0.514. The lowest BCUT2D eigenvalue weighted by molar-refractivity contribution is -0.119. The number of thioether (sulfide) groups is 1. The number of anilines is 2. The summed E-state index contributed by atoms with van der Waals surface area (Å²) >= 11 is 1.60. The van der Waals surface area contributed by atoms with E-state index in [0.717, 1.165) is 23.5 Å². The highest BCUT2D eigenvalue weighted by molar-refractivity contribution is 7.99. The molecule has 1 aliphatic carbocycles. The highest BCUT2D eigenvalue weighted by atomic mass is 32.2. The van der Waals surface area contributed by atoms with E-state index in [4.69, 9.17) is 0 Å². The van der Waals surface area contributed by atoms with Crippen LogP contribution in [0.1, 0.15) is 12.8 Å². The van der Waals surface area contributed by atoms with Crippen LogP contribution in [0.25, 0.3) is 0 Å². The van der Waals surface area contributed by atoms with E-state index in [2.05, 4.69) is 4.72 Å². The molecule has 136 valence electrons. The Morgan fingerprint density at radius 1 is 1.19 bits per heavy atom. The van der Waals surface area contributed by atoms with Crippen LogP contribution in [0.2, 0.25) is 0 Å². The fraction of sp³-hybridized carbons (Fsp3) is 0.278. The van der Waals surface area contributed by atoms with Gasteiger partial charge in [-0.1, -0.05) is 12.1 Å². The smallest absolute Gasteiger partial charge is 0.262 e. The maximum atomic E-state index is 13.8. The molecular formula is C18H17FN2O3S2. The Balaban J connectivity index is 1.68. The fourth-order valence-corrected chi connectivity index (χ4v) is 4.95. The van der Waals surface area contributed by atoms with Gasteiger partial charge >= 0.3 is 0 Å². The third-order valence-electron chi connectivity index (χ3n) is 4.41. The number of amides is 1. The van der Waals surface area contributed by atoms with Crippen molar-refractivity contribution in [2.75, 3.05) is 21.9 Å². The van der Waals surface area contributed by atoms with E-state index in [1.165, 1.54) is 30.3 Å². The number of sulfonamides is 1. The van der Waals surface area contributed by atoms with E-state index < -0.39 is 15.8 Å². The standard InChI is InChI=1S/C18H17FN2O3S2/c19-14-3-1-2-4-15(14)20-26(23,24)13-7-8-17-16(11-13)21(9-10-25-17)18(22)12-5-6-12/h1-4,7-8,11-12,20H,5-6,9-10H2. The van der Waals surface area contributed by atoms with Gasteiger partial charge in [0.1, 0.15) is 5.82 Å². The van der Waals surface area contributed by atoms with Gasteiger partial charge in [-0.2, -0.15) is 0 Å². The molecule has 1 N–H and O–H groups in total. The molecule has 0 aromatic heterocycles. The van der Waals surface area contributed by atoms with E-state index in [-0.39, 0.29) is 22.4 Å². The average molecular weight is 392 g/mol. The number of hydrogen-bond donors (Lipinski definition) is 1. The number of nitrogens with zero attached hydrogens (tertiary/aromatic N) is 1. The fourth-order valence-electron chi connectivity index (χ4n) is 2.89. The summed E-state index contributed by atoms with van der Waals surface area (Å²) in [6.45, 7) is 0.567. The first kappa shape index (κ1) is 17.4. The predicted octanol–water partition coefficient (Wildman–Crippen LogP) is 3.48. The molecule has 0 unspecified atom stereocenters. The molecule has 1 heterocycles. The minimum absolute atomic E-state index is 0.00981. The zero-order valence-electron chi connectivity index (χ0n) is 13.8. The number of benzene rings is 2. The second-order valence-electron chi connectivity index (χ2n) is 6.33. The van der Waals surface area contributed by atoms with Gasteiger partial charge in [0.2, 0.25) is 5.91 Å². The molecule has 0 radical (unpaired) electrons. The van der Waals surface area contributed by atoms with Crippen LogP contribution in [-0.4, -0.2) is 26.6 Å². The first-order valence-electron chi connectivity index (χ1n) is 8.31. The second-order valence-corrected chi connectivity index (χ2v) is 9.15. The Hall–Kier alpha value is -2.06. The van der Waals surface area contributed by atoms with Gasteiger partial charge in [-0.15, -0.1) is 11.8 Å². The normalized spacial score (nSPS) is 16.9. The van der Waals surface area contributed by atoms with Gasteiger partial charge in [0.15, 0.2) is 0 Å². The lowest BCUT2D eigenvalue weighted by Crippen LogP contribution is -2.36. The number of carbonyl (C=O) groups is 1. The molecule has 5 nitrogen and oxygen atoms in total. The van der Waals surface area contributed by atoms with Crippen molar-refractivity contribution in [3.8, 4) is 0 Å². The Kier molecular flexibility index (Phi) is 4.40. The van der Waals surface area contributed by atoms with Crippen LogP contribution < -0.4 is 9.62 Å². The zero-order valence-corrected chi connectivity index (χ0v) is 15.4.